The van der Waals surface area contributed by atoms with Crippen molar-refractivity contribution in [2.24, 2.45) is 62.6 Å². The quantitative estimate of drug-likeness (QED) is 0.113. The number of hydrogen-bond acceptors (Lipinski definition) is 7. The Hall–Kier alpha value is -1.78. The van der Waals surface area contributed by atoms with Crippen LogP contribution in [0.4, 0.5) is 0 Å². The van der Waals surface area contributed by atoms with Crippen molar-refractivity contribution < 1.29 is 32.2 Å². The first-order valence-electron chi connectivity index (χ1n) is 22.3. The van der Waals surface area contributed by atoms with Gasteiger partial charge < -0.3 is 18.9 Å². The highest BCUT2D eigenvalue weighted by atomic mass is 32.2. The van der Waals surface area contributed by atoms with Gasteiger partial charge in [0.2, 0.25) is 10.0 Å². The van der Waals surface area contributed by atoms with E-state index in [0.29, 0.717) is 43.5 Å². The molecule has 0 aromatic heterocycles. The number of methoxy groups -OCH3 is 1. The summed E-state index contributed by atoms with van der Waals surface area (Å²) >= 11 is 0. The highest BCUT2D eigenvalue weighted by Gasteiger charge is 2.72. The molecule has 4 aliphatic carbocycles. The molecule has 0 unspecified atom stereocenters. The Balaban J connectivity index is 1.33. The molecule has 57 heavy (non-hydrogen) atoms. The van der Waals surface area contributed by atoms with Crippen molar-refractivity contribution in [2.45, 2.75) is 157 Å². The van der Waals surface area contributed by atoms with Gasteiger partial charge in [-0.3, -0.25) is 4.79 Å². The predicted octanol–water partition coefficient (Wildman–Crippen LogP) is 9.94. The molecule has 6 rings (SSSR count). The van der Waals surface area contributed by atoms with Crippen LogP contribution in [0.25, 0.3) is 0 Å². The van der Waals surface area contributed by atoms with E-state index < -0.39 is 15.6 Å². The third-order valence-electron chi connectivity index (χ3n) is 17.6. The zero-order valence-corrected chi connectivity index (χ0v) is 38.6. The number of hydrogen-bond donors (Lipinski definition) is 1. The predicted molar refractivity (Wildman–Crippen MR) is 227 cm³/mol. The first-order chi connectivity index (χ1) is 26.6. The summed E-state index contributed by atoms with van der Waals surface area (Å²) in [5.74, 6) is 1.28. The zero-order chi connectivity index (χ0) is 42.0. The van der Waals surface area contributed by atoms with Gasteiger partial charge in [-0.2, -0.15) is 0 Å². The number of allylic oxidation sites excluding steroid dienone is 1. The molecule has 12 atom stereocenters. The first-order valence-corrected chi connectivity index (χ1v) is 23.8. The molecule has 9 heteroatoms. The molecule has 322 valence electrons. The van der Waals surface area contributed by atoms with Gasteiger partial charge in [-0.15, -0.1) is 0 Å². The SMILES string of the molecule is CCCCOC(=O)[C@@H]1[C@@](C)([C@H](C)C(C)C)CC[C@]2(C)[C@H]3CC[C@@H]4[C@@]5(COC[C@]4(C)[C@@H](OC[C@@](C)(NS(=O)(=O)c4ccc(C)cc4)C(C)C)[C@H](OC)C5)C3=CC[C@@]12C. The Kier molecular flexibility index (Phi) is 12.5. The molecule has 1 N–H and O–H groups in total. The lowest BCUT2D eigenvalue weighted by Gasteiger charge is -2.71. The van der Waals surface area contributed by atoms with Gasteiger partial charge in [-0.25, -0.2) is 13.1 Å². The zero-order valence-electron chi connectivity index (χ0n) is 37.8. The van der Waals surface area contributed by atoms with E-state index in [1.54, 1.807) is 19.2 Å². The number of aryl methyl sites for hydroxylation is 1. The minimum absolute atomic E-state index is 0.0100. The molecule has 8 nitrogen and oxygen atoms in total. The number of rotatable bonds is 14. The third-order valence-corrected chi connectivity index (χ3v) is 19.3. The molecule has 3 saturated carbocycles. The standard InChI is InChI=1S/C48H77NO7S/c1-14-15-26-55-42(50)40-43(8,34(7)31(2)3)24-25-45(10)36-20-21-39-44(9)28-54-30-48(39,37(36)22-23-46(40,45)11)27-38(53-13)41(44)56-29-47(12,32(4)5)49-57(51,52)35-18-16-33(6)17-19-35/h16-19,22,31-32,34,36,38-41,49H,14-15,20-21,23-30H2,1-13H3/t34-,36+,38-,39+,40-,41+,43-,44+,45-,46+,47-,48+/m1/s1. The average molecular weight is 812 g/mol. The van der Waals surface area contributed by atoms with Gasteiger partial charge >= 0.3 is 5.97 Å². The van der Waals surface area contributed by atoms with E-state index in [-0.39, 0.29) is 68.6 Å². The van der Waals surface area contributed by atoms with Crippen LogP contribution >= 0.6 is 0 Å². The van der Waals surface area contributed by atoms with Crippen molar-refractivity contribution >= 4 is 16.0 Å². The van der Waals surface area contributed by atoms with Crippen molar-refractivity contribution in [3.8, 4) is 0 Å². The molecule has 1 saturated heterocycles. The van der Waals surface area contributed by atoms with Crippen LogP contribution in [0.1, 0.15) is 133 Å². The van der Waals surface area contributed by atoms with Crippen molar-refractivity contribution in [1.82, 2.24) is 4.72 Å². The van der Waals surface area contributed by atoms with Crippen LogP contribution in [-0.4, -0.2) is 65.7 Å². The molecule has 1 aliphatic heterocycles. The summed E-state index contributed by atoms with van der Waals surface area (Å²) < 4.78 is 56.9. The van der Waals surface area contributed by atoms with E-state index in [0.717, 1.165) is 56.9 Å². The third kappa shape index (κ3) is 7.21. The van der Waals surface area contributed by atoms with Crippen LogP contribution in [0.5, 0.6) is 0 Å². The van der Waals surface area contributed by atoms with Gasteiger partial charge in [-0.1, -0.05) is 105 Å². The van der Waals surface area contributed by atoms with Gasteiger partial charge in [0, 0.05) is 17.9 Å². The van der Waals surface area contributed by atoms with Crippen LogP contribution in [-0.2, 0) is 33.8 Å². The number of carbonyl (C=O) groups is 1. The summed E-state index contributed by atoms with van der Waals surface area (Å²) in [7, 11) is -1.99. The number of esters is 1. The number of fused-ring (bicyclic) bond motifs is 3. The number of benzene rings is 1. The van der Waals surface area contributed by atoms with Gasteiger partial charge in [0.15, 0.2) is 0 Å². The summed E-state index contributed by atoms with van der Waals surface area (Å²) in [6.45, 7) is 28.8. The summed E-state index contributed by atoms with van der Waals surface area (Å²) in [5.41, 5.74) is 0.644. The molecule has 1 heterocycles. The minimum atomic E-state index is -3.79. The second kappa shape index (κ2) is 15.9. The Bertz CT molecular complexity index is 1760. The molecular formula is C48H77NO7S. The Morgan fingerprint density at radius 2 is 1.68 bits per heavy atom. The summed E-state index contributed by atoms with van der Waals surface area (Å²) in [4.78, 5) is 14.8. The van der Waals surface area contributed by atoms with Gasteiger partial charge in [0.05, 0.1) is 55.0 Å². The first kappa shape index (κ1) is 44.8. The Labute approximate surface area is 346 Å². The smallest absolute Gasteiger partial charge is 0.310 e. The average Bonchev–Trinajstić information content (AvgIpc) is 3.14. The van der Waals surface area contributed by atoms with Crippen LogP contribution in [0.3, 0.4) is 0 Å². The lowest BCUT2D eigenvalue weighted by Crippen LogP contribution is -2.70. The molecule has 0 amide bonds. The topological polar surface area (TPSA) is 100 Å². The number of unbranched alkanes of at least 4 members (excludes halogenated alkanes) is 1. The maximum absolute atomic E-state index is 14.5. The fraction of sp³-hybridized carbons (Fsp3) is 0.812. The molecule has 0 radical (unpaired) electrons. The fourth-order valence-corrected chi connectivity index (χ4v) is 14.6. The highest BCUT2D eigenvalue weighted by Crippen LogP contribution is 2.75. The molecule has 1 aromatic carbocycles. The normalized spacial score (nSPS) is 39.4. The molecule has 2 bridgehead atoms. The monoisotopic (exact) mass is 812 g/mol. The van der Waals surface area contributed by atoms with E-state index in [1.165, 1.54) is 5.57 Å². The van der Waals surface area contributed by atoms with Gasteiger partial charge in [0.25, 0.3) is 0 Å². The fourth-order valence-electron chi connectivity index (χ4n) is 13.1. The lowest BCUT2D eigenvalue weighted by atomic mass is 9.34. The van der Waals surface area contributed by atoms with Crippen LogP contribution in [0.2, 0.25) is 0 Å². The van der Waals surface area contributed by atoms with E-state index in [2.05, 4.69) is 66.2 Å². The molecule has 1 aromatic rings. The van der Waals surface area contributed by atoms with Crippen molar-refractivity contribution in [3.63, 3.8) is 0 Å². The molecular weight excluding hydrogens is 735 g/mol. The number of sulfonamides is 1. The molecule has 4 fully saturated rings. The second-order valence-corrected chi connectivity index (χ2v) is 22.9. The van der Waals surface area contributed by atoms with Crippen LogP contribution in [0, 0.1) is 69.5 Å². The lowest BCUT2D eigenvalue weighted by molar-refractivity contribution is -0.270. The summed E-state index contributed by atoms with van der Waals surface area (Å²) in [6.07, 6.45) is 9.85. The Morgan fingerprint density at radius 3 is 2.30 bits per heavy atom. The maximum Gasteiger partial charge on any atom is 0.310 e. The highest BCUT2D eigenvalue weighted by molar-refractivity contribution is 7.89. The molecule has 0 spiro atoms. The van der Waals surface area contributed by atoms with Crippen LogP contribution < -0.4 is 4.72 Å². The maximum atomic E-state index is 14.5. The van der Waals surface area contributed by atoms with Gasteiger partial charge in [0.1, 0.15) is 0 Å². The summed E-state index contributed by atoms with van der Waals surface area (Å²) in [6, 6.07) is 6.99. The second-order valence-electron chi connectivity index (χ2n) is 21.2. The van der Waals surface area contributed by atoms with E-state index in [4.69, 9.17) is 18.9 Å². The van der Waals surface area contributed by atoms with E-state index in [1.807, 2.05) is 39.8 Å². The number of carbonyl (C=O) groups excluding carboxylic acids is 1. The van der Waals surface area contributed by atoms with Crippen molar-refractivity contribution in [1.29, 1.82) is 0 Å². The number of nitrogens with one attached hydrogen (secondary N) is 1. The van der Waals surface area contributed by atoms with E-state index in [9.17, 15) is 13.2 Å². The largest absolute Gasteiger partial charge is 0.465 e. The summed E-state index contributed by atoms with van der Waals surface area (Å²) in [5, 5.41) is 0. The van der Waals surface area contributed by atoms with E-state index >= 15 is 0 Å². The van der Waals surface area contributed by atoms with Gasteiger partial charge in [-0.05, 0) is 117 Å². The van der Waals surface area contributed by atoms with Crippen molar-refractivity contribution in [3.05, 3.63) is 41.5 Å². The minimum Gasteiger partial charge on any atom is -0.465 e. The number of ether oxygens (including phenoxy) is 4. The van der Waals surface area contributed by atoms with Crippen molar-refractivity contribution in [2.75, 3.05) is 33.5 Å². The van der Waals surface area contributed by atoms with Crippen LogP contribution in [0.15, 0.2) is 40.8 Å². The Morgan fingerprint density at radius 1 is 1.00 bits per heavy atom. The molecule has 5 aliphatic rings.